The van der Waals surface area contributed by atoms with E-state index >= 15 is 0 Å². The van der Waals surface area contributed by atoms with Gasteiger partial charge in [0.1, 0.15) is 0 Å². The number of hydrogen-bond donors (Lipinski definition) is 0. The van der Waals surface area contributed by atoms with Gasteiger partial charge >= 0.3 is 104 Å². The molecule has 15 heavy (non-hydrogen) atoms. The molecule has 89 valence electrons. The Bertz CT molecular complexity index is 144. The maximum absolute atomic E-state index is 5.54. The van der Waals surface area contributed by atoms with Crippen molar-refractivity contribution in [2.75, 3.05) is 0 Å². The van der Waals surface area contributed by atoms with Gasteiger partial charge in [0.05, 0.1) is 0 Å². The molecule has 0 bridgehead atoms. The molecule has 0 N–H and O–H groups in total. The van der Waals surface area contributed by atoms with Crippen LogP contribution in [0.2, 0.25) is 0 Å². The summed E-state index contributed by atoms with van der Waals surface area (Å²) in [5, 5.41) is 0. The topological polar surface area (TPSA) is 36.9 Å². The number of rotatable bonds is 7. The average molecular weight is 253 g/mol. The van der Waals surface area contributed by atoms with E-state index in [1.807, 2.05) is 41.5 Å². The summed E-state index contributed by atoms with van der Waals surface area (Å²) in [6.45, 7) is 11.4. The van der Waals surface area contributed by atoms with Gasteiger partial charge in [0.15, 0.2) is 0 Å². The molecule has 0 aromatic heterocycles. The van der Waals surface area contributed by atoms with E-state index in [9.17, 15) is 0 Å². The summed E-state index contributed by atoms with van der Waals surface area (Å²) in [7, 11) is 0. The predicted octanol–water partition coefficient (Wildman–Crippen LogP) is 2.35. The van der Waals surface area contributed by atoms with Crippen LogP contribution < -0.4 is 0 Å². The van der Waals surface area contributed by atoms with Crippen LogP contribution in [0.1, 0.15) is 41.5 Å². The second-order valence-corrected chi connectivity index (χ2v) is 4.42. The zero-order valence-corrected chi connectivity index (χ0v) is 11.9. The Morgan fingerprint density at radius 2 is 1.00 bits per heavy atom. The molecule has 0 aliphatic rings. The standard InChI is InChI=1S/C10H21O4.Ti/c1-7(2)12-10(11,13-8(3)4)14-9(5)6;/h7-9H,1-6H3;/q-1;+1. The normalized spacial score (nSPS) is 13.1. The fourth-order valence-electron chi connectivity index (χ4n) is 1.02. The summed E-state index contributed by atoms with van der Waals surface area (Å²) < 4.78 is 21.8. The molecular weight excluding hydrogens is 232 g/mol. The molecule has 0 fully saturated rings. The van der Waals surface area contributed by atoms with Gasteiger partial charge in [-0.25, -0.2) is 0 Å². The fraction of sp³-hybridized carbons (Fsp3) is 1.00. The third-order valence-electron chi connectivity index (χ3n) is 1.27. The fourth-order valence-corrected chi connectivity index (χ4v) is 1.25. The molecule has 0 spiro atoms. The Kier molecular flexibility index (Phi) is 7.25. The summed E-state index contributed by atoms with van der Waals surface area (Å²) in [6.07, 6.45) is -1.51. The van der Waals surface area contributed by atoms with Crippen LogP contribution in [0.4, 0.5) is 0 Å². The van der Waals surface area contributed by atoms with E-state index in [0.29, 0.717) is 0 Å². The van der Waals surface area contributed by atoms with Crippen LogP contribution in [0.5, 0.6) is 0 Å². The Hall–Kier alpha value is 0.554. The summed E-state index contributed by atoms with van der Waals surface area (Å²) >= 11 is 1.51. The first-order valence-corrected chi connectivity index (χ1v) is 5.83. The van der Waals surface area contributed by atoms with Crippen LogP contribution in [-0.4, -0.2) is 24.5 Å². The van der Waals surface area contributed by atoms with E-state index in [4.69, 9.17) is 17.5 Å². The monoisotopic (exact) mass is 253 g/mol. The van der Waals surface area contributed by atoms with Crippen molar-refractivity contribution in [2.24, 2.45) is 0 Å². The van der Waals surface area contributed by atoms with Crippen LogP contribution >= 0.6 is 0 Å². The summed E-state index contributed by atoms with van der Waals surface area (Å²) in [5.74, 6) is 0. The van der Waals surface area contributed by atoms with Crippen molar-refractivity contribution >= 4 is 0 Å². The molecule has 0 heterocycles. The van der Waals surface area contributed by atoms with Gasteiger partial charge in [-0.2, -0.15) is 0 Å². The minimum atomic E-state index is -1.39. The molecule has 0 aliphatic heterocycles. The number of ether oxygens (including phenoxy) is 3. The van der Waals surface area contributed by atoms with Gasteiger partial charge in [0.25, 0.3) is 0 Å². The van der Waals surface area contributed by atoms with Gasteiger partial charge in [0.2, 0.25) is 0 Å². The number of hydrogen-bond acceptors (Lipinski definition) is 4. The van der Waals surface area contributed by atoms with Crippen molar-refractivity contribution < 1.29 is 38.4 Å². The SMILES string of the molecule is CC(C)OC([O][Ti])(OC(C)C)OC(C)C. The van der Waals surface area contributed by atoms with Crippen molar-refractivity contribution in [3.05, 3.63) is 0 Å². The molecule has 0 aromatic rings. The second-order valence-electron chi connectivity index (χ2n) is 4.10. The molecule has 0 aromatic carbocycles. The van der Waals surface area contributed by atoms with E-state index in [1.165, 1.54) is 20.8 Å². The zero-order valence-electron chi connectivity index (χ0n) is 10.4. The van der Waals surface area contributed by atoms with Gasteiger partial charge in [-0.05, 0) is 0 Å². The Balaban J connectivity index is 4.59. The second kappa shape index (κ2) is 6.99. The van der Waals surface area contributed by atoms with Crippen molar-refractivity contribution in [1.82, 2.24) is 0 Å². The summed E-state index contributed by atoms with van der Waals surface area (Å²) in [5.41, 5.74) is 0. The van der Waals surface area contributed by atoms with Gasteiger partial charge in [0, 0.05) is 0 Å². The van der Waals surface area contributed by atoms with E-state index in [2.05, 4.69) is 0 Å². The Labute approximate surface area is 104 Å². The van der Waals surface area contributed by atoms with Gasteiger partial charge in [-0.1, -0.05) is 0 Å². The molecule has 0 rings (SSSR count). The van der Waals surface area contributed by atoms with E-state index in [0.717, 1.165) is 0 Å². The van der Waals surface area contributed by atoms with E-state index in [-0.39, 0.29) is 18.3 Å². The Morgan fingerprint density at radius 3 is 1.13 bits per heavy atom. The molecular formula is C10H21O4Ti. The molecule has 0 unspecified atom stereocenters. The van der Waals surface area contributed by atoms with Crippen LogP contribution in [0.3, 0.4) is 0 Å². The predicted molar refractivity (Wildman–Crippen MR) is 52.5 cm³/mol. The molecule has 0 radical (unpaired) electrons. The first-order valence-electron chi connectivity index (χ1n) is 5.19. The van der Waals surface area contributed by atoms with E-state index < -0.39 is 6.16 Å². The molecule has 0 aliphatic carbocycles. The third kappa shape index (κ3) is 6.66. The van der Waals surface area contributed by atoms with Crippen molar-refractivity contribution in [1.29, 1.82) is 0 Å². The Morgan fingerprint density at radius 1 is 0.733 bits per heavy atom. The zero-order chi connectivity index (χ0) is 12.1. The van der Waals surface area contributed by atoms with Crippen LogP contribution in [0.25, 0.3) is 0 Å². The van der Waals surface area contributed by atoms with Crippen LogP contribution in [0, 0.1) is 0 Å². The average Bonchev–Trinajstić information content (AvgIpc) is 1.99. The molecule has 5 heteroatoms. The third-order valence-corrected chi connectivity index (χ3v) is 1.66. The molecule has 0 atom stereocenters. The molecule has 0 saturated carbocycles. The van der Waals surface area contributed by atoms with Gasteiger partial charge in [-0.3, -0.25) is 0 Å². The first kappa shape index (κ1) is 15.6. The van der Waals surface area contributed by atoms with E-state index in [1.54, 1.807) is 0 Å². The van der Waals surface area contributed by atoms with Crippen molar-refractivity contribution in [3.63, 3.8) is 0 Å². The minimum absolute atomic E-state index is 0.0394. The van der Waals surface area contributed by atoms with Crippen molar-refractivity contribution in [3.8, 4) is 0 Å². The summed E-state index contributed by atoms with van der Waals surface area (Å²) in [4.78, 5) is 0. The summed E-state index contributed by atoms with van der Waals surface area (Å²) in [6, 6.07) is 0. The molecule has 0 saturated heterocycles. The van der Waals surface area contributed by atoms with Crippen LogP contribution in [0.15, 0.2) is 0 Å². The quantitative estimate of drug-likeness (QED) is 0.515. The molecule has 4 nitrogen and oxygen atoms in total. The van der Waals surface area contributed by atoms with Gasteiger partial charge in [-0.15, -0.1) is 0 Å². The van der Waals surface area contributed by atoms with Gasteiger partial charge < -0.3 is 0 Å². The first-order chi connectivity index (χ1) is 6.81. The van der Waals surface area contributed by atoms with Crippen LogP contribution in [-0.2, 0) is 38.4 Å². The maximum atomic E-state index is 5.54. The molecule has 0 amide bonds. The van der Waals surface area contributed by atoms with Crippen molar-refractivity contribution in [2.45, 2.75) is 66.0 Å².